The van der Waals surface area contributed by atoms with Crippen LogP contribution in [0.4, 0.5) is 4.39 Å². The van der Waals surface area contributed by atoms with Gasteiger partial charge in [-0.05, 0) is 37.5 Å². The molecule has 20 heavy (non-hydrogen) atoms. The standard InChI is InChI=1S/C14H19FN2O2.ClH/c1-19-13-8-10(5-6-12(13)15)14(18)17-7-3-2-4-11(17)9-16;/h5-6,8,11H,2-4,7,9,16H2,1H3;1H. The second kappa shape index (κ2) is 7.45. The third-order valence-electron chi connectivity index (χ3n) is 3.56. The number of methoxy groups -OCH3 is 1. The maximum atomic E-state index is 13.3. The second-order valence-electron chi connectivity index (χ2n) is 4.73. The van der Waals surface area contributed by atoms with Gasteiger partial charge >= 0.3 is 0 Å². The van der Waals surface area contributed by atoms with Crippen LogP contribution in [-0.2, 0) is 0 Å². The molecule has 0 spiro atoms. The summed E-state index contributed by atoms with van der Waals surface area (Å²) in [6, 6.07) is 4.27. The SMILES string of the molecule is COc1cc(C(=O)N2CCCCC2CN)ccc1F.Cl. The Kier molecular flexibility index (Phi) is 6.23. The molecule has 6 heteroatoms. The summed E-state index contributed by atoms with van der Waals surface area (Å²) in [6.07, 6.45) is 3.01. The Morgan fingerprint density at radius 3 is 2.90 bits per heavy atom. The van der Waals surface area contributed by atoms with Crippen molar-refractivity contribution in [3.05, 3.63) is 29.6 Å². The van der Waals surface area contributed by atoms with Crippen molar-refractivity contribution in [2.45, 2.75) is 25.3 Å². The lowest BCUT2D eigenvalue weighted by molar-refractivity contribution is 0.0623. The van der Waals surface area contributed by atoms with Gasteiger partial charge in [-0.3, -0.25) is 4.79 Å². The van der Waals surface area contributed by atoms with Gasteiger partial charge in [-0.15, -0.1) is 12.4 Å². The number of nitrogens with zero attached hydrogens (tertiary/aromatic N) is 1. The van der Waals surface area contributed by atoms with Crippen molar-refractivity contribution in [1.82, 2.24) is 4.90 Å². The molecular formula is C14H20ClFN2O2. The maximum Gasteiger partial charge on any atom is 0.254 e. The number of hydrogen-bond donors (Lipinski definition) is 1. The molecule has 1 aromatic carbocycles. The molecular weight excluding hydrogens is 283 g/mol. The predicted molar refractivity (Wildman–Crippen MR) is 77.9 cm³/mol. The first-order valence-electron chi connectivity index (χ1n) is 6.52. The van der Waals surface area contributed by atoms with E-state index in [2.05, 4.69) is 0 Å². The highest BCUT2D eigenvalue weighted by Gasteiger charge is 2.26. The van der Waals surface area contributed by atoms with E-state index in [0.717, 1.165) is 19.3 Å². The number of hydrogen-bond acceptors (Lipinski definition) is 3. The molecule has 1 atom stereocenters. The molecule has 1 heterocycles. The molecule has 1 amide bonds. The number of carbonyl (C=O) groups excluding carboxylic acids is 1. The average Bonchev–Trinajstić information content (AvgIpc) is 2.47. The number of rotatable bonds is 3. The van der Waals surface area contributed by atoms with Crippen molar-refractivity contribution in [2.24, 2.45) is 5.73 Å². The fourth-order valence-electron chi connectivity index (χ4n) is 2.47. The molecule has 1 aromatic rings. The predicted octanol–water partition coefficient (Wildman–Crippen LogP) is 2.21. The van der Waals surface area contributed by atoms with Crippen LogP contribution in [0, 0.1) is 5.82 Å². The zero-order chi connectivity index (χ0) is 13.8. The van der Waals surface area contributed by atoms with E-state index >= 15 is 0 Å². The number of benzene rings is 1. The van der Waals surface area contributed by atoms with E-state index in [-0.39, 0.29) is 30.1 Å². The summed E-state index contributed by atoms with van der Waals surface area (Å²) in [6.45, 7) is 1.17. The lowest BCUT2D eigenvalue weighted by Gasteiger charge is -2.35. The van der Waals surface area contributed by atoms with Crippen LogP contribution in [0.2, 0.25) is 0 Å². The number of nitrogens with two attached hydrogens (primary N) is 1. The Morgan fingerprint density at radius 1 is 1.50 bits per heavy atom. The molecule has 0 bridgehead atoms. The van der Waals surface area contributed by atoms with Gasteiger partial charge in [0.15, 0.2) is 11.6 Å². The molecule has 2 N–H and O–H groups in total. The van der Waals surface area contributed by atoms with Crippen LogP contribution in [0.3, 0.4) is 0 Å². The minimum atomic E-state index is -0.465. The van der Waals surface area contributed by atoms with Crippen molar-refractivity contribution >= 4 is 18.3 Å². The van der Waals surface area contributed by atoms with E-state index in [1.807, 2.05) is 0 Å². The fraction of sp³-hybridized carbons (Fsp3) is 0.500. The van der Waals surface area contributed by atoms with Crippen LogP contribution >= 0.6 is 12.4 Å². The lowest BCUT2D eigenvalue weighted by Crippen LogP contribution is -2.47. The van der Waals surface area contributed by atoms with Crippen LogP contribution in [-0.4, -0.2) is 37.0 Å². The quantitative estimate of drug-likeness (QED) is 0.931. The van der Waals surface area contributed by atoms with Gasteiger partial charge in [0.25, 0.3) is 5.91 Å². The highest BCUT2D eigenvalue weighted by atomic mass is 35.5. The summed E-state index contributed by atoms with van der Waals surface area (Å²) in [4.78, 5) is 14.2. The van der Waals surface area contributed by atoms with Gasteiger partial charge in [0.2, 0.25) is 0 Å². The lowest BCUT2D eigenvalue weighted by atomic mass is 10.0. The summed E-state index contributed by atoms with van der Waals surface area (Å²) in [5.74, 6) is -0.478. The molecule has 1 saturated heterocycles. The van der Waals surface area contributed by atoms with E-state index in [0.29, 0.717) is 18.7 Å². The third-order valence-corrected chi connectivity index (χ3v) is 3.56. The van der Waals surface area contributed by atoms with E-state index in [1.165, 1.54) is 25.3 Å². The Hall–Kier alpha value is -1.33. The molecule has 112 valence electrons. The van der Waals surface area contributed by atoms with E-state index in [4.69, 9.17) is 10.5 Å². The first-order valence-corrected chi connectivity index (χ1v) is 6.52. The Bertz CT molecular complexity index is 470. The number of amides is 1. The Balaban J connectivity index is 0.00000200. The van der Waals surface area contributed by atoms with Crippen LogP contribution in [0.25, 0.3) is 0 Å². The topological polar surface area (TPSA) is 55.6 Å². The molecule has 2 rings (SSSR count). The van der Waals surface area contributed by atoms with Crippen molar-refractivity contribution in [2.75, 3.05) is 20.2 Å². The minimum Gasteiger partial charge on any atom is -0.494 e. The normalized spacial score (nSPS) is 18.4. The van der Waals surface area contributed by atoms with Gasteiger partial charge in [0.05, 0.1) is 7.11 Å². The molecule has 4 nitrogen and oxygen atoms in total. The van der Waals surface area contributed by atoms with Crippen molar-refractivity contribution in [3.63, 3.8) is 0 Å². The summed E-state index contributed by atoms with van der Waals surface area (Å²) in [7, 11) is 1.39. The maximum absolute atomic E-state index is 13.3. The molecule has 0 aromatic heterocycles. The first kappa shape index (κ1) is 16.7. The van der Waals surface area contributed by atoms with Gasteiger partial charge in [-0.25, -0.2) is 4.39 Å². The smallest absolute Gasteiger partial charge is 0.254 e. The van der Waals surface area contributed by atoms with E-state index < -0.39 is 5.82 Å². The van der Waals surface area contributed by atoms with Gasteiger partial charge in [-0.2, -0.15) is 0 Å². The summed E-state index contributed by atoms with van der Waals surface area (Å²) in [5.41, 5.74) is 6.15. The first-order chi connectivity index (χ1) is 9.17. The molecule has 0 saturated carbocycles. The summed E-state index contributed by atoms with van der Waals surface area (Å²) >= 11 is 0. The average molecular weight is 303 g/mol. The highest BCUT2D eigenvalue weighted by molar-refractivity contribution is 5.95. The van der Waals surface area contributed by atoms with Gasteiger partial charge in [-0.1, -0.05) is 0 Å². The molecule has 0 radical (unpaired) electrons. The molecule has 1 unspecified atom stereocenters. The van der Waals surface area contributed by atoms with E-state index in [1.54, 1.807) is 4.90 Å². The monoisotopic (exact) mass is 302 g/mol. The Labute approximate surface area is 124 Å². The third kappa shape index (κ3) is 3.41. The fourth-order valence-corrected chi connectivity index (χ4v) is 2.47. The zero-order valence-corrected chi connectivity index (χ0v) is 12.3. The van der Waals surface area contributed by atoms with Crippen molar-refractivity contribution in [3.8, 4) is 5.75 Å². The number of ether oxygens (including phenoxy) is 1. The number of carbonyl (C=O) groups is 1. The van der Waals surface area contributed by atoms with Gasteiger partial charge in [0.1, 0.15) is 0 Å². The van der Waals surface area contributed by atoms with Crippen LogP contribution in [0.1, 0.15) is 29.6 Å². The highest BCUT2D eigenvalue weighted by Crippen LogP contribution is 2.23. The zero-order valence-electron chi connectivity index (χ0n) is 11.5. The summed E-state index contributed by atoms with van der Waals surface area (Å²) < 4.78 is 18.3. The molecule has 0 aliphatic carbocycles. The number of piperidine rings is 1. The molecule has 1 aliphatic heterocycles. The largest absolute Gasteiger partial charge is 0.494 e. The number of halogens is 2. The number of likely N-dealkylation sites (tertiary alicyclic amines) is 1. The van der Waals surface area contributed by atoms with Crippen LogP contribution < -0.4 is 10.5 Å². The van der Waals surface area contributed by atoms with Crippen molar-refractivity contribution in [1.29, 1.82) is 0 Å². The second-order valence-corrected chi connectivity index (χ2v) is 4.73. The Morgan fingerprint density at radius 2 is 2.25 bits per heavy atom. The van der Waals surface area contributed by atoms with E-state index in [9.17, 15) is 9.18 Å². The van der Waals surface area contributed by atoms with Crippen LogP contribution in [0.15, 0.2) is 18.2 Å². The van der Waals surface area contributed by atoms with Crippen molar-refractivity contribution < 1.29 is 13.9 Å². The minimum absolute atomic E-state index is 0. The summed E-state index contributed by atoms with van der Waals surface area (Å²) in [5, 5.41) is 0. The molecule has 1 fully saturated rings. The van der Waals surface area contributed by atoms with Gasteiger partial charge < -0.3 is 15.4 Å². The van der Waals surface area contributed by atoms with Gasteiger partial charge in [0, 0.05) is 24.7 Å². The molecule has 1 aliphatic rings. The van der Waals surface area contributed by atoms with Crippen LogP contribution in [0.5, 0.6) is 5.75 Å².